The average Bonchev–Trinajstić information content (AvgIpc) is 2.80. The number of carbonyl (C=O) groups is 2. The van der Waals surface area contributed by atoms with Crippen molar-refractivity contribution in [3.8, 4) is 0 Å². The van der Waals surface area contributed by atoms with E-state index < -0.39 is 5.97 Å². The van der Waals surface area contributed by atoms with Crippen LogP contribution in [0.5, 0.6) is 0 Å². The highest BCUT2D eigenvalue weighted by Crippen LogP contribution is 2.14. The predicted octanol–water partition coefficient (Wildman–Crippen LogP) is 7.23. The first-order valence-corrected chi connectivity index (χ1v) is 14.3. The number of aliphatic carboxylic acids is 1. The number of hydrogen-bond donors (Lipinski definition) is 3. The normalized spacial score (nSPS) is 13.1. The molecule has 0 heterocycles. The van der Waals surface area contributed by atoms with E-state index in [1.54, 1.807) is 0 Å². The molecule has 196 valence electrons. The summed E-state index contributed by atoms with van der Waals surface area (Å²) in [6.07, 6.45) is 23.2. The van der Waals surface area contributed by atoms with E-state index in [4.69, 9.17) is 5.11 Å². The second-order valence-electron chi connectivity index (χ2n) is 9.91. The zero-order valence-electron chi connectivity index (χ0n) is 22.3. The molecule has 0 aliphatic heterocycles. The largest absolute Gasteiger partial charge is 0.481 e. The van der Waals surface area contributed by atoms with Crippen LogP contribution in [0.2, 0.25) is 0 Å². The fourth-order valence-electron chi connectivity index (χ4n) is 4.28. The van der Waals surface area contributed by atoms with Crippen LogP contribution in [-0.2, 0) is 9.59 Å². The van der Waals surface area contributed by atoms with Crippen LogP contribution in [0.3, 0.4) is 0 Å². The summed E-state index contributed by atoms with van der Waals surface area (Å²) in [6.45, 7) is 7.73. The van der Waals surface area contributed by atoms with Crippen molar-refractivity contribution >= 4 is 11.9 Å². The van der Waals surface area contributed by atoms with E-state index in [1.807, 2.05) is 0 Å². The van der Waals surface area contributed by atoms with Crippen LogP contribution in [0.4, 0.5) is 0 Å². The summed E-state index contributed by atoms with van der Waals surface area (Å²) in [4.78, 5) is 23.2. The molecule has 0 rings (SSSR count). The standard InChI is InChI=1S/C28H56N2O3/c1-4-6-7-8-9-10-11-12-13-14-15-16-17-18-19-20-23-30-28(33)27(25(3)5-2)29-24-21-22-26(31)32/h25,27,29H,4-24H2,1-3H3,(H,30,33)(H,31,32)/t25-,27-/m0/s1. The number of carboxylic acids is 1. The zero-order valence-corrected chi connectivity index (χ0v) is 22.3. The Labute approximate surface area is 205 Å². The second kappa shape index (κ2) is 24.0. The molecule has 0 fully saturated rings. The summed E-state index contributed by atoms with van der Waals surface area (Å²) >= 11 is 0. The maximum absolute atomic E-state index is 12.5. The van der Waals surface area contributed by atoms with Gasteiger partial charge in [-0.2, -0.15) is 0 Å². The van der Waals surface area contributed by atoms with Gasteiger partial charge in [0.1, 0.15) is 0 Å². The van der Waals surface area contributed by atoms with Crippen LogP contribution in [0, 0.1) is 5.92 Å². The number of rotatable bonds is 25. The maximum Gasteiger partial charge on any atom is 0.303 e. The number of amides is 1. The zero-order chi connectivity index (χ0) is 24.6. The maximum atomic E-state index is 12.5. The lowest BCUT2D eigenvalue weighted by Gasteiger charge is -2.23. The Balaban J connectivity index is 3.57. The Bertz CT molecular complexity index is 456. The Morgan fingerprint density at radius 1 is 0.667 bits per heavy atom. The van der Waals surface area contributed by atoms with Gasteiger partial charge in [0.2, 0.25) is 5.91 Å². The fourth-order valence-corrected chi connectivity index (χ4v) is 4.28. The van der Waals surface area contributed by atoms with Gasteiger partial charge in [-0.3, -0.25) is 9.59 Å². The van der Waals surface area contributed by atoms with Gasteiger partial charge in [0.05, 0.1) is 6.04 Å². The minimum absolute atomic E-state index is 0.0561. The molecule has 2 atom stereocenters. The molecular formula is C28H56N2O3. The summed E-state index contributed by atoms with van der Waals surface area (Å²) in [5, 5.41) is 15.1. The van der Waals surface area contributed by atoms with E-state index in [0.29, 0.717) is 13.0 Å². The highest BCUT2D eigenvalue weighted by Gasteiger charge is 2.22. The molecule has 3 N–H and O–H groups in total. The third-order valence-electron chi connectivity index (χ3n) is 6.76. The van der Waals surface area contributed by atoms with Crippen molar-refractivity contribution in [3.63, 3.8) is 0 Å². The van der Waals surface area contributed by atoms with Gasteiger partial charge in [-0.05, 0) is 25.3 Å². The van der Waals surface area contributed by atoms with Gasteiger partial charge in [-0.25, -0.2) is 0 Å². The minimum Gasteiger partial charge on any atom is -0.481 e. The van der Waals surface area contributed by atoms with Gasteiger partial charge >= 0.3 is 5.97 Å². The number of hydrogen-bond acceptors (Lipinski definition) is 3. The molecule has 33 heavy (non-hydrogen) atoms. The monoisotopic (exact) mass is 468 g/mol. The molecule has 5 nitrogen and oxygen atoms in total. The molecule has 0 aromatic heterocycles. The molecule has 0 saturated carbocycles. The Morgan fingerprint density at radius 3 is 1.55 bits per heavy atom. The van der Waals surface area contributed by atoms with Crippen LogP contribution in [-0.4, -0.2) is 36.1 Å². The SMILES string of the molecule is CCCCCCCCCCCCCCCCCCNC(=O)[C@@H](NCCCC(=O)O)[C@@H](C)CC. The third-order valence-corrected chi connectivity index (χ3v) is 6.76. The van der Waals surface area contributed by atoms with Gasteiger partial charge in [0.15, 0.2) is 0 Å². The summed E-state index contributed by atoms with van der Waals surface area (Å²) in [6, 6.07) is -0.232. The van der Waals surface area contributed by atoms with Gasteiger partial charge < -0.3 is 15.7 Å². The first-order chi connectivity index (χ1) is 16.0. The van der Waals surface area contributed by atoms with E-state index >= 15 is 0 Å². The third kappa shape index (κ3) is 21.2. The summed E-state index contributed by atoms with van der Waals surface area (Å²) in [5.74, 6) is -0.494. The van der Waals surface area contributed by atoms with Crippen molar-refractivity contribution in [1.29, 1.82) is 0 Å². The van der Waals surface area contributed by atoms with Crippen LogP contribution >= 0.6 is 0 Å². The highest BCUT2D eigenvalue weighted by molar-refractivity contribution is 5.82. The number of nitrogens with one attached hydrogen (secondary N) is 2. The summed E-state index contributed by atoms with van der Waals surface area (Å²) in [7, 11) is 0. The van der Waals surface area contributed by atoms with Crippen molar-refractivity contribution in [3.05, 3.63) is 0 Å². The van der Waals surface area contributed by atoms with Gasteiger partial charge in [0.25, 0.3) is 0 Å². The Hall–Kier alpha value is -1.10. The smallest absolute Gasteiger partial charge is 0.303 e. The van der Waals surface area contributed by atoms with E-state index in [1.165, 1.54) is 96.3 Å². The van der Waals surface area contributed by atoms with Crippen molar-refractivity contribution < 1.29 is 14.7 Å². The van der Waals surface area contributed by atoms with E-state index in [9.17, 15) is 9.59 Å². The van der Waals surface area contributed by atoms with E-state index in [0.717, 1.165) is 19.4 Å². The molecule has 0 saturated heterocycles. The number of carbonyl (C=O) groups excluding carboxylic acids is 1. The van der Waals surface area contributed by atoms with Gasteiger partial charge in [-0.1, -0.05) is 124 Å². The van der Waals surface area contributed by atoms with Crippen LogP contribution in [0.15, 0.2) is 0 Å². The predicted molar refractivity (Wildman–Crippen MR) is 141 cm³/mol. The molecule has 0 aromatic carbocycles. The molecule has 0 aliphatic carbocycles. The highest BCUT2D eigenvalue weighted by atomic mass is 16.4. The van der Waals surface area contributed by atoms with Crippen LogP contribution in [0.25, 0.3) is 0 Å². The molecule has 0 radical (unpaired) electrons. The first-order valence-electron chi connectivity index (χ1n) is 14.3. The number of carboxylic acid groups (broad SMARTS) is 1. The van der Waals surface area contributed by atoms with E-state index in [2.05, 4.69) is 31.4 Å². The molecule has 0 aromatic rings. The Morgan fingerprint density at radius 2 is 1.12 bits per heavy atom. The fraction of sp³-hybridized carbons (Fsp3) is 0.929. The molecule has 0 bridgehead atoms. The van der Waals surface area contributed by atoms with Gasteiger partial charge in [0, 0.05) is 13.0 Å². The van der Waals surface area contributed by atoms with E-state index in [-0.39, 0.29) is 24.3 Å². The molecule has 1 amide bonds. The number of unbranched alkanes of at least 4 members (excludes halogenated alkanes) is 15. The van der Waals surface area contributed by atoms with Gasteiger partial charge in [-0.15, -0.1) is 0 Å². The lowest BCUT2D eigenvalue weighted by Crippen LogP contribution is -2.48. The first kappa shape index (κ1) is 31.9. The van der Waals surface area contributed by atoms with Crippen molar-refractivity contribution in [1.82, 2.24) is 10.6 Å². The average molecular weight is 469 g/mol. The van der Waals surface area contributed by atoms with Crippen molar-refractivity contribution in [2.24, 2.45) is 5.92 Å². The van der Waals surface area contributed by atoms with Crippen LogP contribution in [0.1, 0.15) is 143 Å². The molecule has 5 heteroatoms. The van der Waals surface area contributed by atoms with Crippen LogP contribution < -0.4 is 10.6 Å². The minimum atomic E-state index is -0.787. The molecule has 0 spiro atoms. The van der Waals surface area contributed by atoms with Crippen molar-refractivity contribution in [2.75, 3.05) is 13.1 Å². The lowest BCUT2D eigenvalue weighted by molar-refractivity contribution is -0.137. The molecule has 0 aliphatic rings. The topological polar surface area (TPSA) is 78.4 Å². The lowest BCUT2D eigenvalue weighted by atomic mass is 9.98. The van der Waals surface area contributed by atoms with Crippen molar-refractivity contribution in [2.45, 2.75) is 149 Å². The summed E-state index contributed by atoms with van der Waals surface area (Å²) in [5.41, 5.74) is 0. The molecule has 0 unspecified atom stereocenters. The Kier molecular flexibility index (Phi) is 23.2. The quantitative estimate of drug-likeness (QED) is 0.123. The summed E-state index contributed by atoms with van der Waals surface area (Å²) < 4.78 is 0. The molecular weight excluding hydrogens is 412 g/mol. The second-order valence-corrected chi connectivity index (χ2v) is 9.91.